The van der Waals surface area contributed by atoms with Gasteiger partial charge in [-0.05, 0) is 94.7 Å². The molecular formula is C22H18Br2O4. The molecule has 0 aromatic heterocycles. The summed E-state index contributed by atoms with van der Waals surface area (Å²) in [5, 5.41) is 21.7. The summed E-state index contributed by atoms with van der Waals surface area (Å²) in [7, 11) is 0. The maximum absolute atomic E-state index is 13.2. The van der Waals surface area contributed by atoms with Crippen LogP contribution in [-0.2, 0) is 9.59 Å². The molecule has 0 aliphatic heterocycles. The normalized spacial score (nSPS) is 90.9. The summed E-state index contributed by atoms with van der Waals surface area (Å²) in [6.45, 7) is 0. The molecule has 0 heterocycles. The van der Waals surface area contributed by atoms with Crippen LogP contribution in [0.1, 0.15) is 0 Å². The molecule has 16 atom stereocenters. The fourth-order valence-electron chi connectivity index (χ4n) is 16.2. The van der Waals surface area contributed by atoms with Crippen LogP contribution in [0.4, 0.5) is 0 Å². The van der Waals surface area contributed by atoms with Gasteiger partial charge in [0.1, 0.15) is 0 Å². The summed E-state index contributed by atoms with van der Waals surface area (Å²) in [4.78, 5) is 26.4. The fraction of sp³-hybridized carbons (Fsp3) is 0.909. The molecule has 0 amide bonds. The van der Waals surface area contributed by atoms with Crippen LogP contribution in [0.2, 0.25) is 0 Å². The van der Waals surface area contributed by atoms with Crippen LogP contribution < -0.4 is 0 Å². The van der Waals surface area contributed by atoms with Crippen molar-refractivity contribution < 1.29 is 19.8 Å². The van der Waals surface area contributed by atoms with E-state index in [-0.39, 0.29) is 32.3 Å². The quantitative estimate of drug-likeness (QED) is 0.565. The third-order valence-electron chi connectivity index (χ3n) is 14.4. The zero-order valence-electron chi connectivity index (χ0n) is 14.7. The van der Waals surface area contributed by atoms with E-state index >= 15 is 0 Å². The first-order valence-electron chi connectivity index (χ1n) is 11.2. The predicted octanol–water partition coefficient (Wildman–Crippen LogP) is 2.40. The highest BCUT2D eigenvalue weighted by Crippen LogP contribution is 3.08. The van der Waals surface area contributed by atoms with Crippen molar-refractivity contribution in [1.29, 1.82) is 0 Å². The summed E-state index contributed by atoms with van der Waals surface area (Å²) >= 11 is 8.68. The Morgan fingerprint density at radius 2 is 0.964 bits per heavy atom. The molecule has 0 spiro atoms. The second-order valence-corrected chi connectivity index (χ2v) is 15.5. The van der Waals surface area contributed by atoms with Crippen LogP contribution in [0.5, 0.6) is 0 Å². The summed E-state index contributed by atoms with van der Waals surface area (Å²) in [5.74, 6) is 5.62. The Bertz CT molecular complexity index is 1030. The minimum absolute atomic E-state index is 0.0649. The minimum atomic E-state index is -0.574. The molecule has 0 saturated heterocycles. The molecule has 12 aliphatic carbocycles. The van der Waals surface area contributed by atoms with E-state index in [2.05, 4.69) is 31.9 Å². The van der Waals surface area contributed by atoms with E-state index < -0.39 is 22.8 Å². The van der Waals surface area contributed by atoms with E-state index in [0.29, 0.717) is 71.0 Å². The summed E-state index contributed by atoms with van der Waals surface area (Å²) in [5.41, 5.74) is -1.09. The monoisotopic (exact) mass is 504 g/mol. The lowest BCUT2D eigenvalue weighted by atomic mass is 9.63. The van der Waals surface area contributed by atoms with Crippen molar-refractivity contribution in [1.82, 2.24) is 0 Å². The molecule has 2 N–H and O–H groups in total. The van der Waals surface area contributed by atoms with Crippen LogP contribution in [0.15, 0.2) is 0 Å². The van der Waals surface area contributed by atoms with Crippen LogP contribution in [0.25, 0.3) is 0 Å². The molecule has 6 heteroatoms. The number of halogens is 2. The van der Waals surface area contributed by atoms with Gasteiger partial charge in [0.05, 0.1) is 10.8 Å². The van der Waals surface area contributed by atoms with Crippen molar-refractivity contribution >= 4 is 43.8 Å². The van der Waals surface area contributed by atoms with Crippen LogP contribution in [0, 0.1) is 106 Å². The molecular weight excluding hydrogens is 488 g/mol. The van der Waals surface area contributed by atoms with E-state index in [1.165, 1.54) is 0 Å². The number of carboxylic acid groups (broad SMARTS) is 2. The Hall–Kier alpha value is -0.100. The lowest BCUT2D eigenvalue weighted by molar-refractivity contribution is -0.159. The molecule has 0 bridgehead atoms. The zero-order chi connectivity index (χ0) is 18.4. The van der Waals surface area contributed by atoms with Crippen LogP contribution >= 0.6 is 31.9 Å². The van der Waals surface area contributed by atoms with Crippen molar-refractivity contribution in [3.05, 3.63) is 0 Å². The SMILES string of the molecule is O=C(O)C12C3C4C5C6C3C3C1C1C7C2C4C2(Br)C5C4C6C3(Br)C1C4(C(=O)O)C72. The maximum Gasteiger partial charge on any atom is 0.310 e. The lowest BCUT2D eigenvalue weighted by Gasteiger charge is -2.40. The third kappa shape index (κ3) is 0.661. The molecule has 12 saturated carbocycles. The first-order valence-corrected chi connectivity index (χ1v) is 12.8. The fourth-order valence-corrected chi connectivity index (χ4v) is 19.9. The summed E-state index contributed by atoms with van der Waals surface area (Å²) in [6, 6.07) is 0. The van der Waals surface area contributed by atoms with E-state index in [9.17, 15) is 19.8 Å². The molecule has 4 nitrogen and oxygen atoms in total. The standard InChI is InChI=1S/C22H18Br2O4/c23-21-10-1-2-4-7-3(1)12(21)8-5-6-9(19(7,8)17(25)26)13(4)22(24)11(2)14(10)20(15(5)21,16(6)22)18(27)28/h1-16H,(H,25,26)(H,27,28). The highest BCUT2D eigenvalue weighted by atomic mass is 79.9. The summed E-state index contributed by atoms with van der Waals surface area (Å²) < 4.78 is -0.130. The van der Waals surface area contributed by atoms with Gasteiger partial charge in [0.15, 0.2) is 0 Å². The number of hydrogen-bond donors (Lipinski definition) is 2. The Morgan fingerprint density at radius 3 is 1.39 bits per heavy atom. The van der Waals surface area contributed by atoms with Gasteiger partial charge < -0.3 is 10.2 Å². The highest BCUT2D eigenvalue weighted by Gasteiger charge is 3.10. The van der Waals surface area contributed by atoms with Gasteiger partial charge in [0, 0.05) is 8.65 Å². The highest BCUT2D eigenvalue weighted by molar-refractivity contribution is 9.10. The van der Waals surface area contributed by atoms with E-state index in [4.69, 9.17) is 0 Å². The van der Waals surface area contributed by atoms with Gasteiger partial charge >= 0.3 is 11.9 Å². The number of alkyl halides is 2. The Balaban J connectivity index is 1.43. The molecule has 12 rings (SSSR count). The van der Waals surface area contributed by atoms with Gasteiger partial charge in [0.25, 0.3) is 0 Å². The Kier molecular flexibility index (Phi) is 1.49. The maximum atomic E-state index is 13.2. The van der Waals surface area contributed by atoms with Gasteiger partial charge in [-0.25, -0.2) is 0 Å². The van der Waals surface area contributed by atoms with Crippen molar-refractivity contribution in [2.75, 3.05) is 0 Å². The predicted molar refractivity (Wildman–Crippen MR) is 99.3 cm³/mol. The number of carboxylic acids is 2. The van der Waals surface area contributed by atoms with Crippen molar-refractivity contribution in [2.24, 2.45) is 106 Å². The van der Waals surface area contributed by atoms with Crippen molar-refractivity contribution in [2.45, 2.75) is 8.65 Å². The van der Waals surface area contributed by atoms with Gasteiger partial charge in [-0.15, -0.1) is 0 Å². The number of aliphatic carboxylic acids is 2. The van der Waals surface area contributed by atoms with Gasteiger partial charge in [-0.1, -0.05) is 31.9 Å². The summed E-state index contributed by atoms with van der Waals surface area (Å²) in [6.07, 6.45) is 0. The molecule has 12 aliphatic rings. The van der Waals surface area contributed by atoms with Gasteiger partial charge in [-0.3, -0.25) is 9.59 Å². The van der Waals surface area contributed by atoms with E-state index in [1.54, 1.807) is 0 Å². The molecule has 0 aromatic carbocycles. The first-order chi connectivity index (χ1) is 13.4. The lowest BCUT2D eigenvalue weighted by Crippen LogP contribution is -2.47. The van der Waals surface area contributed by atoms with Gasteiger partial charge in [0.2, 0.25) is 0 Å². The Labute approximate surface area is 177 Å². The molecule has 0 radical (unpaired) electrons. The third-order valence-corrected chi connectivity index (χ3v) is 17.5. The molecule has 144 valence electrons. The average molecular weight is 506 g/mol. The number of carbonyl (C=O) groups is 2. The molecule has 16 unspecified atom stereocenters. The zero-order valence-corrected chi connectivity index (χ0v) is 17.9. The Morgan fingerprint density at radius 1 is 0.536 bits per heavy atom. The minimum Gasteiger partial charge on any atom is -0.481 e. The van der Waals surface area contributed by atoms with E-state index in [0.717, 1.165) is 0 Å². The van der Waals surface area contributed by atoms with Crippen molar-refractivity contribution in [3.63, 3.8) is 0 Å². The number of hydrogen-bond acceptors (Lipinski definition) is 2. The van der Waals surface area contributed by atoms with E-state index in [1.807, 2.05) is 0 Å². The molecule has 0 aromatic rings. The topological polar surface area (TPSA) is 74.6 Å². The number of rotatable bonds is 2. The van der Waals surface area contributed by atoms with Crippen molar-refractivity contribution in [3.8, 4) is 0 Å². The largest absolute Gasteiger partial charge is 0.481 e. The average Bonchev–Trinajstić information content (AvgIpc) is 3.35. The van der Waals surface area contributed by atoms with Gasteiger partial charge in [-0.2, -0.15) is 0 Å². The van der Waals surface area contributed by atoms with Crippen LogP contribution in [0.3, 0.4) is 0 Å². The second kappa shape index (κ2) is 2.97. The molecule has 28 heavy (non-hydrogen) atoms. The second-order valence-electron chi connectivity index (χ2n) is 12.8. The first kappa shape index (κ1) is 14.1. The smallest absolute Gasteiger partial charge is 0.310 e. The molecule has 12 fully saturated rings. The van der Waals surface area contributed by atoms with Crippen LogP contribution in [-0.4, -0.2) is 30.8 Å².